The molecule has 1 aromatic rings. The van der Waals surface area contributed by atoms with Gasteiger partial charge in [-0.3, -0.25) is 0 Å². The highest BCUT2D eigenvalue weighted by molar-refractivity contribution is 14.1. The first-order valence-corrected chi connectivity index (χ1v) is 4.55. The van der Waals surface area contributed by atoms with Gasteiger partial charge in [0.2, 0.25) is 0 Å². The molecule has 9 heavy (non-hydrogen) atoms. The van der Waals surface area contributed by atoms with Gasteiger partial charge >= 0.3 is 0 Å². The molecule has 0 aromatic carbocycles. The minimum Gasteiger partial charge on any atom is -0.324 e. The van der Waals surface area contributed by atoms with Crippen molar-refractivity contribution in [2.75, 3.05) is 0 Å². The second kappa shape index (κ2) is 3.41. The molecular formula is C5H6ClIN2. The number of aromatic nitrogens is 2. The molecule has 0 N–H and O–H groups in total. The van der Waals surface area contributed by atoms with Gasteiger partial charge in [-0.15, -0.1) is 11.6 Å². The summed E-state index contributed by atoms with van der Waals surface area (Å²) < 4.78 is 2.92. The van der Waals surface area contributed by atoms with E-state index in [4.69, 9.17) is 11.6 Å². The van der Waals surface area contributed by atoms with Gasteiger partial charge in [0.05, 0.1) is 22.5 Å². The molecule has 0 fully saturated rings. The normalized spacial score (nSPS) is 10.0. The Morgan fingerprint density at radius 3 is 3.00 bits per heavy atom. The second-order valence-electron chi connectivity index (χ2n) is 1.61. The lowest BCUT2D eigenvalue weighted by molar-refractivity contribution is 0.865. The summed E-state index contributed by atoms with van der Waals surface area (Å²) in [4.78, 5) is 3.94. The van der Waals surface area contributed by atoms with Crippen LogP contribution in [0.1, 0.15) is 5.69 Å². The molecule has 0 unspecified atom stereocenters. The third-order valence-corrected chi connectivity index (χ3v) is 2.07. The Morgan fingerprint density at radius 1 is 1.78 bits per heavy atom. The molecule has 0 aliphatic carbocycles. The number of halogens is 2. The van der Waals surface area contributed by atoms with Crippen LogP contribution >= 0.6 is 34.2 Å². The standard InChI is InChI=1S/C5H6ClIN2/c6-1-5-2-8-4-9(5)3-7/h2,4H,1,3H2. The third-order valence-electron chi connectivity index (χ3n) is 1.06. The van der Waals surface area contributed by atoms with Crippen molar-refractivity contribution in [3.63, 3.8) is 0 Å². The van der Waals surface area contributed by atoms with Crippen molar-refractivity contribution in [3.8, 4) is 0 Å². The molecule has 0 bridgehead atoms. The molecule has 50 valence electrons. The Balaban J connectivity index is 2.85. The van der Waals surface area contributed by atoms with E-state index in [0.29, 0.717) is 5.88 Å². The van der Waals surface area contributed by atoms with Gasteiger partial charge in [0, 0.05) is 6.20 Å². The van der Waals surface area contributed by atoms with Crippen molar-refractivity contribution in [1.29, 1.82) is 0 Å². The van der Waals surface area contributed by atoms with Crippen LogP contribution in [-0.2, 0) is 10.4 Å². The van der Waals surface area contributed by atoms with E-state index >= 15 is 0 Å². The van der Waals surface area contributed by atoms with Crippen LogP contribution in [0.15, 0.2) is 12.5 Å². The molecule has 0 spiro atoms. The summed E-state index contributed by atoms with van der Waals surface area (Å²) in [6, 6.07) is 0. The summed E-state index contributed by atoms with van der Waals surface area (Å²) in [5.74, 6) is 0.545. The van der Waals surface area contributed by atoms with Crippen LogP contribution in [0.25, 0.3) is 0 Å². The van der Waals surface area contributed by atoms with Gasteiger partial charge in [-0.2, -0.15) is 0 Å². The van der Waals surface area contributed by atoms with Gasteiger partial charge in [0.25, 0.3) is 0 Å². The molecule has 0 radical (unpaired) electrons. The van der Waals surface area contributed by atoms with Crippen LogP contribution in [0.3, 0.4) is 0 Å². The predicted molar refractivity (Wildman–Crippen MR) is 45.8 cm³/mol. The topological polar surface area (TPSA) is 17.8 Å². The molecule has 0 saturated carbocycles. The molecule has 1 rings (SSSR count). The molecule has 4 heteroatoms. The van der Waals surface area contributed by atoms with E-state index in [-0.39, 0.29) is 0 Å². The zero-order valence-electron chi connectivity index (χ0n) is 4.72. The van der Waals surface area contributed by atoms with Gasteiger partial charge in [0.1, 0.15) is 0 Å². The zero-order valence-corrected chi connectivity index (χ0v) is 7.63. The third kappa shape index (κ3) is 1.58. The van der Waals surface area contributed by atoms with Crippen molar-refractivity contribution >= 4 is 34.2 Å². The Bertz CT molecular complexity index is 168. The van der Waals surface area contributed by atoms with Crippen LogP contribution < -0.4 is 0 Å². The highest BCUT2D eigenvalue weighted by Gasteiger charge is 1.95. The molecule has 2 nitrogen and oxygen atoms in total. The first-order chi connectivity index (χ1) is 4.38. The fourth-order valence-corrected chi connectivity index (χ4v) is 1.40. The van der Waals surface area contributed by atoms with Gasteiger partial charge in [-0.05, 0) is 0 Å². The Kier molecular flexibility index (Phi) is 2.78. The van der Waals surface area contributed by atoms with Crippen LogP contribution in [-0.4, -0.2) is 9.55 Å². The highest BCUT2D eigenvalue weighted by atomic mass is 127. The molecule has 0 aliphatic heterocycles. The summed E-state index contributed by atoms with van der Waals surface area (Å²) in [5, 5.41) is 0. The van der Waals surface area contributed by atoms with Crippen LogP contribution in [0.4, 0.5) is 0 Å². The maximum atomic E-state index is 5.59. The number of nitrogens with zero attached hydrogens (tertiary/aromatic N) is 2. The quantitative estimate of drug-likeness (QED) is 0.585. The van der Waals surface area contributed by atoms with E-state index in [9.17, 15) is 0 Å². The van der Waals surface area contributed by atoms with Crippen molar-refractivity contribution in [2.24, 2.45) is 0 Å². The first kappa shape index (κ1) is 7.34. The van der Waals surface area contributed by atoms with E-state index in [0.717, 1.165) is 10.2 Å². The number of rotatable bonds is 2. The summed E-state index contributed by atoms with van der Waals surface area (Å²) in [7, 11) is 0. The Labute approximate surface area is 72.4 Å². The molecule has 0 saturated heterocycles. The molecule has 1 aromatic heterocycles. The van der Waals surface area contributed by atoms with Crippen LogP contribution in [0.2, 0.25) is 0 Å². The number of hydrogen-bond donors (Lipinski definition) is 0. The van der Waals surface area contributed by atoms with E-state index < -0.39 is 0 Å². The smallest absolute Gasteiger partial charge is 0.0955 e. The van der Waals surface area contributed by atoms with E-state index in [1.807, 2.05) is 4.57 Å². The summed E-state index contributed by atoms with van der Waals surface area (Å²) in [6.07, 6.45) is 3.57. The van der Waals surface area contributed by atoms with Gasteiger partial charge in [0.15, 0.2) is 0 Å². The number of imidazole rings is 1. The maximum Gasteiger partial charge on any atom is 0.0955 e. The van der Waals surface area contributed by atoms with Crippen molar-refractivity contribution in [1.82, 2.24) is 9.55 Å². The van der Waals surface area contributed by atoms with E-state index in [1.54, 1.807) is 12.5 Å². The van der Waals surface area contributed by atoms with Crippen LogP contribution in [0, 0.1) is 0 Å². The minimum absolute atomic E-state index is 0.545. The summed E-state index contributed by atoms with van der Waals surface area (Å²) in [6.45, 7) is 0. The molecule has 0 amide bonds. The minimum atomic E-state index is 0.545. The van der Waals surface area contributed by atoms with Gasteiger partial charge < -0.3 is 4.57 Å². The van der Waals surface area contributed by atoms with Crippen LogP contribution in [0.5, 0.6) is 0 Å². The fourth-order valence-electron chi connectivity index (χ4n) is 0.567. The fraction of sp³-hybridized carbons (Fsp3) is 0.400. The average Bonchev–Trinajstić information content (AvgIpc) is 2.33. The van der Waals surface area contributed by atoms with Crippen molar-refractivity contribution in [3.05, 3.63) is 18.2 Å². The van der Waals surface area contributed by atoms with E-state index in [1.165, 1.54) is 0 Å². The highest BCUT2D eigenvalue weighted by Crippen LogP contribution is 2.04. The molecule has 0 atom stereocenters. The van der Waals surface area contributed by atoms with E-state index in [2.05, 4.69) is 27.6 Å². The maximum absolute atomic E-state index is 5.59. The second-order valence-corrected chi connectivity index (χ2v) is 2.56. The number of alkyl halides is 2. The Morgan fingerprint density at radius 2 is 2.56 bits per heavy atom. The van der Waals surface area contributed by atoms with Gasteiger partial charge in [-0.25, -0.2) is 4.98 Å². The first-order valence-electron chi connectivity index (χ1n) is 2.49. The molecular weight excluding hydrogens is 250 g/mol. The van der Waals surface area contributed by atoms with Gasteiger partial charge in [-0.1, -0.05) is 22.6 Å². The summed E-state index contributed by atoms with van der Waals surface area (Å²) in [5.41, 5.74) is 1.08. The van der Waals surface area contributed by atoms with Crippen molar-refractivity contribution < 1.29 is 0 Å². The number of hydrogen-bond acceptors (Lipinski definition) is 1. The lowest BCUT2D eigenvalue weighted by atomic mass is 10.5. The molecule has 1 heterocycles. The lowest BCUT2D eigenvalue weighted by Crippen LogP contribution is -1.93. The Hall–Kier alpha value is 0.230. The lowest BCUT2D eigenvalue weighted by Gasteiger charge is -1.96. The SMILES string of the molecule is ClCc1cncn1CI. The average molecular weight is 256 g/mol. The van der Waals surface area contributed by atoms with Crippen molar-refractivity contribution in [2.45, 2.75) is 10.4 Å². The summed E-state index contributed by atoms with van der Waals surface area (Å²) >= 11 is 7.85. The zero-order chi connectivity index (χ0) is 6.69. The largest absolute Gasteiger partial charge is 0.324 e. The monoisotopic (exact) mass is 256 g/mol. The molecule has 0 aliphatic rings. The predicted octanol–water partition coefficient (Wildman–Crippen LogP) is 2.01.